The second-order valence-electron chi connectivity index (χ2n) is 4.11. The van der Waals surface area contributed by atoms with Crippen molar-refractivity contribution in [1.29, 1.82) is 0 Å². The summed E-state index contributed by atoms with van der Waals surface area (Å²) in [6.45, 7) is 4.91. The van der Waals surface area contributed by atoms with E-state index in [0.717, 1.165) is 5.56 Å². The maximum atomic E-state index is 11.2. The second-order valence-corrected chi connectivity index (χ2v) is 4.49. The van der Waals surface area contributed by atoms with Crippen LogP contribution in [-0.4, -0.2) is 11.8 Å². The molecule has 0 aliphatic heterocycles. The number of amides is 1. The molecule has 0 spiro atoms. The van der Waals surface area contributed by atoms with Crippen molar-refractivity contribution in [3.63, 3.8) is 0 Å². The first-order chi connectivity index (χ1) is 7.63. The zero-order valence-corrected chi connectivity index (χ0v) is 10.6. The third-order valence-corrected chi connectivity index (χ3v) is 2.65. The Morgan fingerprint density at radius 1 is 1.31 bits per heavy atom. The van der Waals surface area contributed by atoms with Gasteiger partial charge in [-0.3, -0.25) is 4.79 Å². The highest BCUT2D eigenvalue weighted by atomic mass is 35.5. The van der Waals surface area contributed by atoms with Gasteiger partial charge in [-0.1, -0.05) is 38.1 Å². The quantitative estimate of drug-likeness (QED) is 0.787. The van der Waals surface area contributed by atoms with Crippen LogP contribution in [0.4, 0.5) is 0 Å². The lowest BCUT2D eigenvalue weighted by molar-refractivity contribution is -0.120. The Morgan fingerprint density at radius 2 is 1.94 bits per heavy atom. The molecule has 2 nitrogen and oxygen atoms in total. The SMILES string of the molecule is CC(C)c1ccc(CNC(=O)CCCl)cc1. The van der Waals surface area contributed by atoms with Gasteiger partial charge in [-0.2, -0.15) is 0 Å². The molecule has 1 N–H and O–H groups in total. The van der Waals surface area contributed by atoms with Crippen molar-refractivity contribution < 1.29 is 4.79 Å². The highest BCUT2D eigenvalue weighted by Gasteiger charge is 2.01. The van der Waals surface area contributed by atoms with E-state index in [0.29, 0.717) is 24.8 Å². The number of carbonyl (C=O) groups is 1. The molecule has 16 heavy (non-hydrogen) atoms. The van der Waals surface area contributed by atoms with E-state index in [1.807, 2.05) is 0 Å². The third kappa shape index (κ3) is 4.23. The summed E-state index contributed by atoms with van der Waals surface area (Å²) < 4.78 is 0. The summed E-state index contributed by atoms with van der Waals surface area (Å²) >= 11 is 5.47. The van der Waals surface area contributed by atoms with Crippen molar-refractivity contribution in [1.82, 2.24) is 5.32 Å². The summed E-state index contributed by atoms with van der Waals surface area (Å²) in [7, 11) is 0. The fourth-order valence-corrected chi connectivity index (χ4v) is 1.57. The summed E-state index contributed by atoms with van der Waals surface area (Å²) in [5.41, 5.74) is 2.43. The molecular formula is C13H18ClNO. The van der Waals surface area contributed by atoms with Crippen molar-refractivity contribution >= 4 is 17.5 Å². The molecule has 88 valence electrons. The van der Waals surface area contributed by atoms with Crippen molar-refractivity contribution in [2.75, 3.05) is 5.88 Å². The Kier molecular flexibility index (Phi) is 5.33. The van der Waals surface area contributed by atoms with E-state index in [1.54, 1.807) is 0 Å². The smallest absolute Gasteiger partial charge is 0.221 e. The van der Waals surface area contributed by atoms with E-state index in [1.165, 1.54) is 5.56 Å². The molecule has 0 heterocycles. The Hall–Kier alpha value is -1.02. The van der Waals surface area contributed by atoms with E-state index in [2.05, 4.69) is 43.4 Å². The summed E-state index contributed by atoms with van der Waals surface area (Å²) in [5, 5.41) is 2.83. The molecule has 0 fully saturated rings. The number of hydrogen-bond donors (Lipinski definition) is 1. The third-order valence-electron chi connectivity index (χ3n) is 2.46. The molecule has 0 unspecified atom stereocenters. The van der Waals surface area contributed by atoms with Gasteiger partial charge in [-0.05, 0) is 17.0 Å². The number of benzene rings is 1. The van der Waals surface area contributed by atoms with Gasteiger partial charge in [-0.25, -0.2) is 0 Å². The molecule has 0 bridgehead atoms. The van der Waals surface area contributed by atoms with E-state index in [4.69, 9.17) is 11.6 Å². The summed E-state index contributed by atoms with van der Waals surface area (Å²) in [5.74, 6) is 0.917. The van der Waals surface area contributed by atoms with E-state index in [-0.39, 0.29) is 5.91 Å². The van der Waals surface area contributed by atoms with Gasteiger partial charge in [0.25, 0.3) is 0 Å². The topological polar surface area (TPSA) is 29.1 Å². The Bertz CT molecular complexity index is 332. The predicted molar refractivity (Wildman–Crippen MR) is 67.7 cm³/mol. The molecular weight excluding hydrogens is 222 g/mol. The number of rotatable bonds is 5. The minimum atomic E-state index is 0.00272. The lowest BCUT2D eigenvalue weighted by Crippen LogP contribution is -2.22. The molecule has 0 aromatic heterocycles. The van der Waals surface area contributed by atoms with Crippen LogP contribution in [0, 0.1) is 0 Å². The standard InChI is InChI=1S/C13H18ClNO/c1-10(2)12-5-3-11(4-6-12)9-15-13(16)7-8-14/h3-6,10H,7-9H2,1-2H3,(H,15,16). The molecule has 0 radical (unpaired) electrons. The van der Waals surface area contributed by atoms with Crippen LogP contribution in [0.3, 0.4) is 0 Å². The van der Waals surface area contributed by atoms with Gasteiger partial charge in [0.05, 0.1) is 0 Å². The van der Waals surface area contributed by atoms with Crippen LogP contribution in [0.5, 0.6) is 0 Å². The van der Waals surface area contributed by atoms with E-state index < -0.39 is 0 Å². The maximum absolute atomic E-state index is 11.2. The van der Waals surface area contributed by atoms with Crippen LogP contribution < -0.4 is 5.32 Å². The van der Waals surface area contributed by atoms with Gasteiger partial charge in [0.15, 0.2) is 0 Å². The van der Waals surface area contributed by atoms with Gasteiger partial charge in [0.2, 0.25) is 5.91 Å². The van der Waals surface area contributed by atoms with Crippen molar-refractivity contribution in [3.8, 4) is 0 Å². The lowest BCUT2D eigenvalue weighted by Gasteiger charge is -2.07. The molecule has 0 aliphatic carbocycles. The van der Waals surface area contributed by atoms with Gasteiger partial charge in [-0.15, -0.1) is 11.6 Å². The fraction of sp³-hybridized carbons (Fsp3) is 0.462. The van der Waals surface area contributed by atoms with Gasteiger partial charge in [0.1, 0.15) is 0 Å². The highest BCUT2D eigenvalue weighted by Crippen LogP contribution is 2.14. The Labute approximate surface area is 102 Å². The van der Waals surface area contributed by atoms with Crippen molar-refractivity contribution in [3.05, 3.63) is 35.4 Å². The van der Waals surface area contributed by atoms with Crippen LogP contribution >= 0.6 is 11.6 Å². The number of hydrogen-bond acceptors (Lipinski definition) is 1. The Balaban J connectivity index is 2.46. The van der Waals surface area contributed by atoms with Gasteiger partial charge < -0.3 is 5.32 Å². The molecule has 1 aromatic rings. The van der Waals surface area contributed by atoms with Gasteiger partial charge >= 0.3 is 0 Å². The van der Waals surface area contributed by atoms with Crippen LogP contribution in [0.15, 0.2) is 24.3 Å². The summed E-state index contributed by atoms with van der Waals surface area (Å²) in [4.78, 5) is 11.2. The molecule has 1 rings (SSSR count). The van der Waals surface area contributed by atoms with E-state index in [9.17, 15) is 4.79 Å². The van der Waals surface area contributed by atoms with Crippen LogP contribution in [-0.2, 0) is 11.3 Å². The molecule has 0 aliphatic rings. The number of halogens is 1. The van der Waals surface area contributed by atoms with E-state index >= 15 is 0 Å². The largest absolute Gasteiger partial charge is 0.352 e. The highest BCUT2D eigenvalue weighted by molar-refractivity contribution is 6.18. The minimum absolute atomic E-state index is 0.00272. The maximum Gasteiger partial charge on any atom is 0.221 e. The average Bonchev–Trinajstić information content (AvgIpc) is 2.27. The normalized spacial score (nSPS) is 10.5. The second kappa shape index (κ2) is 6.54. The minimum Gasteiger partial charge on any atom is -0.352 e. The molecule has 1 aromatic carbocycles. The lowest BCUT2D eigenvalue weighted by atomic mass is 10.0. The molecule has 0 saturated carbocycles. The van der Waals surface area contributed by atoms with Gasteiger partial charge in [0, 0.05) is 18.8 Å². The zero-order valence-electron chi connectivity index (χ0n) is 9.79. The van der Waals surface area contributed by atoms with Crippen LogP contribution in [0.25, 0.3) is 0 Å². The number of alkyl halides is 1. The molecule has 3 heteroatoms. The van der Waals surface area contributed by atoms with Crippen LogP contribution in [0.2, 0.25) is 0 Å². The first-order valence-corrected chi connectivity index (χ1v) is 6.08. The zero-order chi connectivity index (χ0) is 12.0. The predicted octanol–water partition coefficient (Wildman–Crippen LogP) is 3.06. The van der Waals surface area contributed by atoms with Crippen molar-refractivity contribution in [2.24, 2.45) is 0 Å². The number of nitrogens with one attached hydrogen (secondary N) is 1. The Morgan fingerprint density at radius 3 is 2.44 bits per heavy atom. The van der Waals surface area contributed by atoms with Crippen LogP contribution in [0.1, 0.15) is 37.3 Å². The number of carbonyl (C=O) groups excluding carboxylic acids is 1. The molecule has 0 saturated heterocycles. The summed E-state index contributed by atoms with van der Waals surface area (Å²) in [6.07, 6.45) is 0.381. The summed E-state index contributed by atoms with van der Waals surface area (Å²) in [6, 6.07) is 8.31. The molecule has 0 atom stereocenters. The van der Waals surface area contributed by atoms with Crippen molar-refractivity contribution in [2.45, 2.75) is 32.7 Å². The first-order valence-electron chi connectivity index (χ1n) is 5.55. The fourth-order valence-electron chi connectivity index (χ4n) is 1.40. The average molecular weight is 240 g/mol. The monoisotopic (exact) mass is 239 g/mol. The molecule has 1 amide bonds. The first kappa shape index (κ1) is 13.0.